The molecule has 0 spiro atoms. The van der Waals surface area contributed by atoms with E-state index in [0.717, 1.165) is 43.4 Å². The van der Waals surface area contributed by atoms with Crippen molar-refractivity contribution in [2.24, 2.45) is 5.92 Å². The number of amides is 1. The second-order valence-corrected chi connectivity index (χ2v) is 4.79. The number of furan rings is 1. The Balaban J connectivity index is 1.90. The second kappa shape index (κ2) is 5.21. The number of rotatable bonds is 2. The first-order valence-electron chi connectivity index (χ1n) is 6.18. The zero-order valence-electron chi connectivity index (χ0n) is 10.5. The third kappa shape index (κ3) is 3.22. The number of carbonyl (C=O) groups is 1. The zero-order valence-corrected chi connectivity index (χ0v) is 10.5. The smallest absolute Gasteiger partial charge is 0.246 e. The Bertz CT molecular complexity index is 412. The first-order chi connectivity index (χ1) is 8.15. The molecular weight excluding hydrogens is 214 g/mol. The average Bonchev–Trinajstić information content (AvgIpc) is 2.73. The molecule has 2 rings (SSSR count). The Morgan fingerprint density at radius 1 is 1.41 bits per heavy atom. The van der Waals surface area contributed by atoms with Crippen molar-refractivity contribution < 1.29 is 9.21 Å². The van der Waals surface area contributed by atoms with Gasteiger partial charge in [0, 0.05) is 19.2 Å². The van der Waals surface area contributed by atoms with Crippen LogP contribution in [0.1, 0.15) is 31.3 Å². The van der Waals surface area contributed by atoms with Gasteiger partial charge in [-0.05, 0) is 43.9 Å². The molecule has 0 aliphatic carbocycles. The number of piperidine rings is 1. The molecule has 1 aromatic heterocycles. The molecule has 0 N–H and O–H groups in total. The van der Waals surface area contributed by atoms with E-state index in [9.17, 15) is 4.79 Å². The van der Waals surface area contributed by atoms with E-state index in [1.165, 1.54) is 0 Å². The maximum absolute atomic E-state index is 11.9. The van der Waals surface area contributed by atoms with Crippen LogP contribution in [-0.2, 0) is 4.79 Å². The highest BCUT2D eigenvalue weighted by atomic mass is 16.3. The summed E-state index contributed by atoms with van der Waals surface area (Å²) in [6.45, 7) is 5.89. The van der Waals surface area contributed by atoms with Crippen molar-refractivity contribution in [1.82, 2.24) is 4.90 Å². The Hall–Kier alpha value is -1.51. The Morgan fingerprint density at radius 2 is 2.12 bits per heavy atom. The molecule has 0 saturated carbocycles. The van der Waals surface area contributed by atoms with E-state index in [1.54, 1.807) is 12.2 Å². The molecule has 1 aromatic rings. The lowest BCUT2D eigenvalue weighted by Crippen LogP contribution is -2.36. The molecular formula is C14H19NO2. The van der Waals surface area contributed by atoms with Crippen LogP contribution in [0.15, 0.2) is 22.6 Å². The molecule has 0 unspecified atom stereocenters. The van der Waals surface area contributed by atoms with Crippen molar-refractivity contribution in [3.05, 3.63) is 29.7 Å². The molecule has 0 radical (unpaired) electrons. The van der Waals surface area contributed by atoms with Crippen molar-refractivity contribution in [2.75, 3.05) is 13.1 Å². The fraction of sp³-hybridized carbons (Fsp3) is 0.500. The molecule has 0 atom stereocenters. The zero-order chi connectivity index (χ0) is 12.3. The maximum atomic E-state index is 11.9. The summed E-state index contributed by atoms with van der Waals surface area (Å²) >= 11 is 0. The maximum Gasteiger partial charge on any atom is 0.246 e. The molecule has 2 heterocycles. The lowest BCUT2D eigenvalue weighted by molar-refractivity contribution is -0.127. The molecule has 17 heavy (non-hydrogen) atoms. The first-order valence-corrected chi connectivity index (χ1v) is 6.18. The van der Waals surface area contributed by atoms with Gasteiger partial charge in [-0.1, -0.05) is 6.92 Å². The van der Waals surface area contributed by atoms with Gasteiger partial charge >= 0.3 is 0 Å². The van der Waals surface area contributed by atoms with Gasteiger partial charge in [-0.3, -0.25) is 4.79 Å². The molecule has 1 aliphatic rings. The van der Waals surface area contributed by atoms with Crippen LogP contribution in [0.2, 0.25) is 0 Å². The minimum Gasteiger partial charge on any atom is -0.462 e. The predicted octanol–water partition coefficient (Wildman–Crippen LogP) is 2.86. The molecule has 3 nitrogen and oxygen atoms in total. The Morgan fingerprint density at radius 3 is 2.71 bits per heavy atom. The van der Waals surface area contributed by atoms with E-state index >= 15 is 0 Å². The van der Waals surface area contributed by atoms with Crippen LogP contribution in [0.3, 0.4) is 0 Å². The number of aryl methyl sites for hydroxylation is 1. The van der Waals surface area contributed by atoms with E-state index in [1.807, 2.05) is 24.0 Å². The normalized spacial score (nSPS) is 17.9. The third-order valence-electron chi connectivity index (χ3n) is 3.25. The minimum atomic E-state index is 0.0888. The summed E-state index contributed by atoms with van der Waals surface area (Å²) in [6.07, 6.45) is 5.57. The van der Waals surface area contributed by atoms with Gasteiger partial charge in [0.25, 0.3) is 0 Å². The fourth-order valence-electron chi connectivity index (χ4n) is 2.03. The molecule has 1 aliphatic heterocycles. The lowest BCUT2D eigenvalue weighted by Gasteiger charge is -2.29. The molecule has 0 bridgehead atoms. The molecule has 92 valence electrons. The summed E-state index contributed by atoms with van der Waals surface area (Å²) in [4.78, 5) is 13.8. The van der Waals surface area contributed by atoms with Gasteiger partial charge in [-0.25, -0.2) is 0 Å². The topological polar surface area (TPSA) is 33.5 Å². The first kappa shape index (κ1) is 12.0. The van der Waals surface area contributed by atoms with Crippen LogP contribution in [0.25, 0.3) is 6.08 Å². The standard InChI is InChI=1S/C14H19NO2/c1-11-7-9-15(10-8-11)14(16)6-5-13-4-3-12(2)17-13/h3-6,11H,7-10H2,1-2H3. The molecule has 1 fully saturated rings. The predicted molar refractivity (Wildman–Crippen MR) is 67.5 cm³/mol. The van der Waals surface area contributed by atoms with Crippen molar-refractivity contribution in [3.63, 3.8) is 0 Å². The van der Waals surface area contributed by atoms with Gasteiger partial charge in [-0.15, -0.1) is 0 Å². The highest BCUT2D eigenvalue weighted by molar-refractivity contribution is 5.91. The number of hydrogen-bond donors (Lipinski definition) is 0. The van der Waals surface area contributed by atoms with Crippen LogP contribution >= 0.6 is 0 Å². The van der Waals surface area contributed by atoms with Crippen LogP contribution in [0.5, 0.6) is 0 Å². The average molecular weight is 233 g/mol. The number of carbonyl (C=O) groups excluding carboxylic acids is 1. The van der Waals surface area contributed by atoms with E-state index in [4.69, 9.17) is 4.42 Å². The number of nitrogens with zero attached hydrogens (tertiary/aromatic N) is 1. The Kier molecular flexibility index (Phi) is 3.67. The van der Waals surface area contributed by atoms with Gasteiger partial charge < -0.3 is 9.32 Å². The van der Waals surface area contributed by atoms with Crippen LogP contribution < -0.4 is 0 Å². The van der Waals surface area contributed by atoms with E-state index < -0.39 is 0 Å². The molecule has 0 aromatic carbocycles. The van der Waals surface area contributed by atoms with E-state index in [2.05, 4.69) is 6.92 Å². The number of likely N-dealkylation sites (tertiary alicyclic amines) is 1. The summed E-state index contributed by atoms with van der Waals surface area (Å²) in [5.41, 5.74) is 0. The highest BCUT2D eigenvalue weighted by Gasteiger charge is 2.18. The molecule has 1 amide bonds. The van der Waals surface area contributed by atoms with Gasteiger partial charge in [0.1, 0.15) is 11.5 Å². The summed E-state index contributed by atoms with van der Waals surface area (Å²) < 4.78 is 5.38. The van der Waals surface area contributed by atoms with Gasteiger partial charge in [0.05, 0.1) is 0 Å². The SMILES string of the molecule is Cc1ccc(C=CC(=O)N2CCC(C)CC2)o1. The quantitative estimate of drug-likeness (QED) is 0.736. The van der Waals surface area contributed by atoms with Crippen molar-refractivity contribution >= 4 is 12.0 Å². The van der Waals surface area contributed by atoms with Gasteiger partial charge in [0.15, 0.2) is 0 Å². The minimum absolute atomic E-state index is 0.0888. The fourth-order valence-corrected chi connectivity index (χ4v) is 2.03. The van der Waals surface area contributed by atoms with Crippen LogP contribution in [-0.4, -0.2) is 23.9 Å². The molecule has 1 saturated heterocycles. The summed E-state index contributed by atoms with van der Waals surface area (Å²) in [6, 6.07) is 3.77. The van der Waals surface area contributed by atoms with Gasteiger partial charge in [-0.2, -0.15) is 0 Å². The van der Waals surface area contributed by atoms with E-state index in [-0.39, 0.29) is 5.91 Å². The van der Waals surface area contributed by atoms with Crippen molar-refractivity contribution in [2.45, 2.75) is 26.7 Å². The lowest BCUT2D eigenvalue weighted by atomic mass is 9.99. The monoisotopic (exact) mass is 233 g/mol. The highest BCUT2D eigenvalue weighted by Crippen LogP contribution is 2.16. The van der Waals surface area contributed by atoms with Crippen LogP contribution in [0.4, 0.5) is 0 Å². The van der Waals surface area contributed by atoms with Crippen molar-refractivity contribution in [1.29, 1.82) is 0 Å². The van der Waals surface area contributed by atoms with Crippen LogP contribution in [0, 0.1) is 12.8 Å². The van der Waals surface area contributed by atoms with E-state index in [0.29, 0.717) is 0 Å². The third-order valence-corrected chi connectivity index (χ3v) is 3.25. The summed E-state index contributed by atoms with van der Waals surface area (Å²) in [7, 11) is 0. The largest absolute Gasteiger partial charge is 0.462 e. The summed E-state index contributed by atoms with van der Waals surface area (Å²) in [5, 5.41) is 0. The molecule has 3 heteroatoms. The number of hydrogen-bond acceptors (Lipinski definition) is 2. The van der Waals surface area contributed by atoms with Crippen molar-refractivity contribution in [3.8, 4) is 0 Å². The van der Waals surface area contributed by atoms with Gasteiger partial charge in [0.2, 0.25) is 5.91 Å². The Labute approximate surface area is 102 Å². The second-order valence-electron chi connectivity index (χ2n) is 4.79. The summed E-state index contributed by atoms with van der Waals surface area (Å²) in [5.74, 6) is 2.44.